The Bertz CT molecular complexity index is 848. The average Bonchev–Trinajstić information content (AvgIpc) is 3.32. The second kappa shape index (κ2) is 6.67. The fourth-order valence-electron chi connectivity index (χ4n) is 2.83. The van der Waals surface area contributed by atoms with E-state index in [1.54, 1.807) is 0 Å². The number of allylic oxidation sites excluding steroid dienone is 12. The predicted octanol–water partition coefficient (Wildman–Crippen LogP) is 3.58. The van der Waals surface area contributed by atoms with Crippen molar-refractivity contribution in [1.82, 2.24) is 0 Å². The molecule has 5 heteroatoms. The minimum atomic E-state index is 0. The SMILES string of the molecule is C1=CC2=NC1=CC1=NC(=CC3=NC(=CC4=NC(=C2)C=C4)C=C3)C=C1.[Gd]. The zero-order chi connectivity index (χ0) is 15.9. The Morgan fingerprint density at radius 1 is 0.360 bits per heavy atom. The summed E-state index contributed by atoms with van der Waals surface area (Å²) in [6.07, 6.45) is 23.8. The summed E-state index contributed by atoms with van der Waals surface area (Å²) in [4.78, 5) is 18.4. The summed E-state index contributed by atoms with van der Waals surface area (Å²) in [5, 5.41) is 0. The molecular weight excluding hydrogens is 453 g/mol. The molecule has 0 radical (unpaired) electrons. The Hall–Kier alpha value is -2.08. The molecule has 0 N–H and O–H groups in total. The van der Waals surface area contributed by atoms with Crippen LogP contribution in [-0.2, 0) is 0 Å². The molecule has 0 aliphatic carbocycles. The molecule has 4 nitrogen and oxygen atoms in total. The topological polar surface area (TPSA) is 49.4 Å². The van der Waals surface area contributed by atoms with E-state index in [1.807, 2.05) is 72.9 Å². The van der Waals surface area contributed by atoms with Crippen molar-refractivity contribution in [3.63, 3.8) is 0 Å². The predicted molar refractivity (Wildman–Crippen MR) is 98.6 cm³/mol. The molecule has 5 rings (SSSR count). The van der Waals surface area contributed by atoms with E-state index in [-0.39, 0.29) is 39.9 Å². The Balaban J connectivity index is 0.00000157. The van der Waals surface area contributed by atoms with Crippen LogP contribution >= 0.6 is 0 Å². The molecular formula is C20H12GdN4. The van der Waals surface area contributed by atoms with Gasteiger partial charge in [-0.05, 0) is 72.9 Å². The normalized spacial score (nSPS) is 21.8. The molecule has 0 spiro atoms. The van der Waals surface area contributed by atoms with E-state index in [9.17, 15) is 0 Å². The second-order valence-electron chi connectivity index (χ2n) is 5.76. The first-order valence-electron chi connectivity index (χ1n) is 7.74. The van der Waals surface area contributed by atoms with Crippen LogP contribution in [0.2, 0.25) is 0 Å². The third-order valence-electron chi connectivity index (χ3n) is 3.92. The number of fused-ring (bicyclic) bond motifs is 4. The van der Waals surface area contributed by atoms with Gasteiger partial charge >= 0.3 is 0 Å². The van der Waals surface area contributed by atoms with Gasteiger partial charge in [-0.2, -0.15) is 0 Å². The molecule has 5 aliphatic heterocycles. The molecule has 0 amide bonds. The fraction of sp³-hybridized carbons (Fsp3) is 0. The molecule has 0 aromatic rings. The van der Waals surface area contributed by atoms with E-state index in [4.69, 9.17) is 0 Å². The Morgan fingerprint density at radius 2 is 0.600 bits per heavy atom. The van der Waals surface area contributed by atoms with Gasteiger partial charge in [0.25, 0.3) is 0 Å². The molecule has 120 valence electrons. The van der Waals surface area contributed by atoms with Crippen molar-refractivity contribution in [2.45, 2.75) is 0 Å². The zero-order valence-corrected chi connectivity index (χ0v) is 15.3. The number of nitrogens with zero attached hydrogens (tertiary/aromatic N) is 4. The summed E-state index contributed by atoms with van der Waals surface area (Å²) < 4.78 is 0. The first kappa shape index (κ1) is 16.4. The Morgan fingerprint density at radius 3 is 0.840 bits per heavy atom. The number of hydrogen-bond acceptors (Lipinski definition) is 4. The molecule has 0 saturated carbocycles. The zero-order valence-electron chi connectivity index (χ0n) is 13.1. The van der Waals surface area contributed by atoms with E-state index in [1.165, 1.54) is 0 Å². The molecule has 5 heterocycles. The summed E-state index contributed by atoms with van der Waals surface area (Å²) in [6.45, 7) is 0. The van der Waals surface area contributed by atoms with Crippen molar-refractivity contribution in [1.29, 1.82) is 0 Å². The molecule has 0 unspecified atom stereocenters. The van der Waals surface area contributed by atoms with Gasteiger partial charge in [0.05, 0.1) is 45.6 Å². The summed E-state index contributed by atoms with van der Waals surface area (Å²) in [6, 6.07) is 0. The molecule has 25 heavy (non-hydrogen) atoms. The van der Waals surface area contributed by atoms with Gasteiger partial charge in [-0.1, -0.05) is 0 Å². The van der Waals surface area contributed by atoms with Crippen LogP contribution in [0.1, 0.15) is 0 Å². The van der Waals surface area contributed by atoms with Crippen LogP contribution in [0.5, 0.6) is 0 Å². The maximum absolute atomic E-state index is 4.59. The van der Waals surface area contributed by atoms with Crippen molar-refractivity contribution < 1.29 is 39.9 Å². The van der Waals surface area contributed by atoms with Gasteiger partial charge in [-0.25, -0.2) is 20.0 Å². The van der Waals surface area contributed by atoms with Crippen LogP contribution in [0.25, 0.3) is 0 Å². The minimum absolute atomic E-state index is 0. The maximum Gasteiger partial charge on any atom is 0.0659 e. The van der Waals surface area contributed by atoms with Crippen molar-refractivity contribution in [3.8, 4) is 0 Å². The molecule has 8 bridgehead atoms. The van der Waals surface area contributed by atoms with E-state index in [0.29, 0.717) is 0 Å². The van der Waals surface area contributed by atoms with Crippen molar-refractivity contribution in [2.24, 2.45) is 20.0 Å². The standard InChI is InChI=1S/C20H12N4.Gd/c1-2-14-10-16-5-6-18(23-16)12-20-8-7-19(24-20)11-17-4-3-15(22-17)9-13(1)21-14;/h1-12H;. The van der Waals surface area contributed by atoms with Gasteiger partial charge < -0.3 is 0 Å². The van der Waals surface area contributed by atoms with Gasteiger partial charge in [0.2, 0.25) is 0 Å². The van der Waals surface area contributed by atoms with Gasteiger partial charge in [0.1, 0.15) is 0 Å². The number of rotatable bonds is 0. The molecule has 5 aliphatic rings. The Kier molecular flexibility index (Phi) is 4.38. The molecule has 0 aromatic heterocycles. The smallest absolute Gasteiger partial charge is 0.0659 e. The maximum atomic E-state index is 4.59. The first-order chi connectivity index (χ1) is 11.8. The minimum Gasteiger partial charge on any atom is -0.249 e. The van der Waals surface area contributed by atoms with E-state index in [0.717, 1.165) is 45.6 Å². The molecule has 0 atom stereocenters. The van der Waals surface area contributed by atoms with E-state index < -0.39 is 0 Å². The first-order valence-corrected chi connectivity index (χ1v) is 7.74. The monoisotopic (exact) mass is 466 g/mol. The average molecular weight is 466 g/mol. The van der Waals surface area contributed by atoms with Crippen molar-refractivity contribution in [2.75, 3.05) is 0 Å². The number of hydrogen-bond donors (Lipinski definition) is 0. The quantitative estimate of drug-likeness (QED) is 0.525. The largest absolute Gasteiger partial charge is 0.249 e. The summed E-state index contributed by atoms with van der Waals surface area (Å²) in [5.41, 5.74) is 7.15. The van der Waals surface area contributed by atoms with Crippen molar-refractivity contribution in [3.05, 3.63) is 95.7 Å². The number of aliphatic imine (C=N–C) groups is 4. The molecule has 0 aromatic carbocycles. The third kappa shape index (κ3) is 3.49. The van der Waals surface area contributed by atoms with Gasteiger partial charge in [-0.15, -0.1) is 0 Å². The van der Waals surface area contributed by atoms with Gasteiger partial charge in [-0.3, -0.25) is 0 Å². The van der Waals surface area contributed by atoms with Crippen LogP contribution in [-0.4, -0.2) is 22.8 Å². The van der Waals surface area contributed by atoms with Crippen LogP contribution < -0.4 is 0 Å². The fourth-order valence-corrected chi connectivity index (χ4v) is 2.83. The van der Waals surface area contributed by atoms with Crippen LogP contribution in [0.3, 0.4) is 0 Å². The van der Waals surface area contributed by atoms with Crippen LogP contribution in [0.4, 0.5) is 0 Å². The summed E-state index contributed by atoms with van der Waals surface area (Å²) in [5.74, 6) is 0. The van der Waals surface area contributed by atoms with Crippen molar-refractivity contribution >= 4 is 22.8 Å². The van der Waals surface area contributed by atoms with Crippen LogP contribution in [0.15, 0.2) is 116 Å². The van der Waals surface area contributed by atoms with Gasteiger partial charge in [0, 0.05) is 39.9 Å². The third-order valence-corrected chi connectivity index (χ3v) is 3.92. The Labute approximate surface area is 177 Å². The molecule has 0 saturated heterocycles. The van der Waals surface area contributed by atoms with Gasteiger partial charge in [0.15, 0.2) is 0 Å². The summed E-state index contributed by atoms with van der Waals surface area (Å²) in [7, 11) is 0. The molecule has 0 fully saturated rings. The van der Waals surface area contributed by atoms with E-state index in [2.05, 4.69) is 20.0 Å². The second-order valence-corrected chi connectivity index (χ2v) is 5.76. The van der Waals surface area contributed by atoms with E-state index >= 15 is 0 Å². The summed E-state index contributed by atoms with van der Waals surface area (Å²) >= 11 is 0. The van der Waals surface area contributed by atoms with Crippen LogP contribution in [0, 0.1) is 39.9 Å².